The highest BCUT2D eigenvalue weighted by Gasteiger charge is 2.29. The van der Waals surface area contributed by atoms with Crippen LogP contribution in [0, 0.1) is 0 Å². The minimum atomic E-state index is -0.0625. The first-order chi connectivity index (χ1) is 11.0. The van der Waals surface area contributed by atoms with Gasteiger partial charge in [-0.05, 0) is 31.5 Å². The van der Waals surface area contributed by atoms with E-state index in [2.05, 4.69) is 5.32 Å². The Morgan fingerprint density at radius 1 is 1.39 bits per heavy atom. The second kappa shape index (κ2) is 5.91. The Morgan fingerprint density at radius 2 is 2.17 bits per heavy atom. The molecule has 1 aliphatic heterocycles. The van der Waals surface area contributed by atoms with E-state index < -0.39 is 0 Å². The Bertz CT molecular complexity index is 777. The maximum Gasteiger partial charge on any atom is 0.225 e. The molecule has 1 N–H and O–H groups in total. The van der Waals surface area contributed by atoms with Crippen LogP contribution >= 0.6 is 0 Å². The molecule has 1 aromatic heterocycles. The summed E-state index contributed by atoms with van der Waals surface area (Å²) in [5, 5.41) is 2.91. The van der Waals surface area contributed by atoms with Crippen LogP contribution in [0.3, 0.4) is 0 Å². The molecule has 0 aliphatic carbocycles. The van der Waals surface area contributed by atoms with Crippen LogP contribution in [0.1, 0.15) is 47.8 Å². The van der Waals surface area contributed by atoms with E-state index in [1.54, 1.807) is 6.92 Å². The van der Waals surface area contributed by atoms with Crippen molar-refractivity contribution in [3.05, 3.63) is 47.3 Å². The Morgan fingerprint density at radius 3 is 2.83 bits per heavy atom. The maximum atomic E-state index is 12.1. The molecule has 0 radical (unpaired) electrons. The van der Waals surface area contributed by atoms with E-state index in [0.717, 1.165) is 22.7 Å². The zero-order valence-corrected chi connectivity index (χ0v) is 13.6. The summed E-state index contributed by atoms with van der Waals surface area (Å²) in [4.78, 5) is 23.7. The van der Waals surface area contributed by atoms with Crippen LogP contribution in [0.15, 0.2) is 30.5 Å². The molecule has 1 amide bonds. The van der Waals surface area contributed by atoms with E-state index in [1.165, 1.54) is 0 Å². The summed E-state index contributed by atoms with van der Waals surface area (Å²) < 4.78 is 7.44. The number of aromatic nitrogens is 1. The lowest BCUT2D eigenvalue weighted by Gasteiger charge is -2.26. The van der Waals surface area contributed by atoms with Crippen molar-refractivity contribution in [2.75, 3.05) is 11.9 Å². The number of nitrogens with one attached hydrogen (secondary N) is 1. The smallest absolute Gasteiger partial charge is 0.225 e. The standard InChI is InChI=1S/C18H20N2O3/c1-4-23-13-5-6-14-15(9-18(22)19-16(14)8-13)17-7-12(11(2)21)10-20(17)3/h5-8,10,15H,4,9H2,1-3H3,(H,19,22). The third-order valence-electron chi connectivity index (χ3n) is 4.18. The van der Waals surface area contributed by atoms with Gasteiger partial charge in [0, 0.05) is 48.6 Å². The van der Waals surface area contributed by atoms with E-state index in [0.29, 0.717) is 18.6 Å². The number of fused-ring (bicyclic) bond motifs is 1. The number of hydrogen-bond acceptors (Lipinski definition) is 3. The minimum Gasteiger partial charge on any atom is -0.494 e. The fourth-order valence-electron chi connectivity index (χ4n) is 3.08. The third kappa shape index (κ3) is 2.86. The molecular formula is C18H20N2O3. The maximum absolute atomic E-state index is 12.1. The van der Waals surface area contributed by atoms with Gasteiger partial charge in [0.25, 0.3) is 0 Å². The van der Waals surface area contributed by atoms with Gasteiger partial charge in [0.1, 0.15) is 5.75 Å². The van der Waals surface area contributed by atoms with Gasteiger partial charge in [0.15, 0.2) is 5.78 Å². The molecule has 1 aromatic carbocycles. The Hall–Kier alpha value is -2.56. The predicted octanol–water partition coefficient (Wildman–Crippen LogP) is 3.10. The zero-order valence-electron chi connectivity index (χ0n) is 13.6. The van der Waals surface area contributed by atoms with Gasteiger partial charge in [-0.3, -0.25) is 9.59 Å². The highest BCUT2D eigenvalue weighted by atomic mass is 16.5. The molecule has 23 heavy (non-hydrogen) atoms. The topological polar surface area (TPSA) is 60.3 Å². The zero-order chi connectivity index (χ0) is 16.6. The molecule has 0 spiro atoms. The minimum absolute atomic E-state index is 0.0262. The molecule has 3 rings (SSSR count). The number of ether oxygens (including phenoxy) is 1. The SMILES string of the molecule is CCOc1ccc2c(c1)NC(=O)CC2c1cc(C(C)=O)cn1C. The van der Waals surface area contributed by atoms with E-state index in [1.807, 2.05) is 49.0 Å². The van der Waals surface area contributed by atoms with Crippen LogP contribution in [0.25, 0.3) is 0 Å². The molecule has 0 saturated heterocycles. The van der Waals surface area contributed by atoms with Gasteiger partial charge in [0.05, 0.1) is 6.61 Å². The van der Waals surface area contributed by atoms with E-state index >= 15 is 0 Å². The first kappa shape index (κ1) is 15.3. The van der Waals surface area contributed by atoms with Crippen molar-refractivity contribution in [1.29, 1.82) is 0 Å². The van der Waals surface area contributed by atoms with Crippen LogP contribution < -0.4 is 10.1 Å². The molecule has 0 saturated carbocycles. The van der Waals surface area contributed by atoms with Crippen molar-refractivity contribution in [2.24, 2.45) is 7.05 Å². The molecule has 2 heterocycles. The van der Waals surface area contributed by atoms with Gasteiger partial charge in [-0.15, -0.1) is 0 Å². The lowest BCUT2D eigenvalue weighted by Crippen LogP contribution is -2.24. The molecule has 1 atom stereocenters. The number of aryl methyl sites for hydroxylation is 1. The molecule has 5 nitrogen and oxygen atoms in total. The number of rotatable bonds is 4. The summed E-state index contributed by atoms with van der Waals surface area (Å²) >= 11 is 0. The molecule has 1 unspecified atom stereocenters. The molecule has 5 heteroatoms. The van der Waals surface area contributed by atoms with Gasteiger partial charge >= 0.3 is 0 Å². The van der Waals surface area contributed by atoms with Gasteiger partial charge in [0.2, 0.25) is 5.91 Å². The highest BCUT2D eigenvalue weighted by Crippen LogP contribution is 2.39. The largest absolute Gasteiger partial charge is 0.494 e. The van der Waals surface area contributed by atoms with Gasteiger partial charge < -0.3 is 14.6 Å². The van der Waals surface area contributed by atoms with Gasteiger partial charge in [-0.2, -0.15) is 0 Å². The summed E-state index contributed by atoms with van der Waals surface area (Å²) in [6.07, 6.45) is 2.19. The van der Waals surface area contributed by atoms with Gasteiger partial charge in [-0.25, -0.2) is 0 Å². The average molecular weight is 312 g/mol. The highest BCUT2D eigenvalue weighted by molar-refractivity contribution is 5.96. The quantitative estimate of drug-likeness (QED) is 0.883. The van der Waals surface area contributed by atoms with Crippen LogP contribution in [0.4, 0.5) is 5.69 Å². The van der Waals surface area contributed by atoms with E-state index in [9.17, 15) is 9.59 Å². The Labute approximate surface area is 135 Å². The van der Waals surface area contributed by atoms with Crippen molar-refractivity contribution < 1.29 is 14.3 Å². The van der Waals surface area contributed by atoms with Crippen molar-refractivity contribution in [2.45, 2.75) is 26.2 Å². The van der Waals surface area contributed by atoms with Crippen molar-refractivity contribution >= 4 is 17.4 Å². The lowest BCUT2D eigenvalue weighted by molar-refractivity contribution is -0.116. The Kier molecular flexibility index (Phi) is 3.94. The lowest BCUT2D eigenvalue weighted by atomic mass is 9.87. The van der Waals surface area contributed by atoms with E-state index in [-0.39, 0.29) is 17.6 Å². The van der Waals surface area contributed by atoms with Crippen LogP contribution in [0.5, 0.6) is 5.75 Å². The third-order valence-corrected chi connectivity index (χ3v) is 4.18. The number of carbonyl (C=O) groups is 2. The number of hydrogen-bond donors (Lipinski definition) is 1. The first-order valence-electron chi connectivity index (χ1n) is 7.73. The molecule has 1 aliphatic rings. The number of Topliss-reactive ketones (excluding diaryl/α,β-unsaturated/α-hetero) is 1. The molecule has 2 aromatic rings. The fraction of sp³-hybridized carbons (Fsp3) is 0.333. The number of ketones is 1. The monoisotopic (exact) mass is 312 g/mol. The molecule has 0 bridgehead atoms. The summed E-state index contributed by atoms with van der Waals surface area (Å²) in [6.45, 7) is 4.05. The summed E-state index contributed by atoms with van der Waals surface area (Å²) in [6, 6.07) is 7.65. The van der Waals surface area contributed by atoms with Crippen LogP contribution in [-0.4, -0.2) is 22.9 Å². The predicted molar refractivity (Wildman–Crippen MR) is 88.1 cm³/mol. The normalized spacial score (nSPS) is 16.7. The summed E-state index contributed by atoms with van der Waals surface area (Å²) in [5.41, 5.74) is 3.46. The molecular weight excluding hydrogens is 292 g/mol. The number of benzene rings is 1. The Balaban J connectivity index is 2.05. The summed E-state index contributed by atoms with van der Waals surface area (Å²) in [7, 11) is 1.91. The van der Waals surface area contributed by atoms with Crippen molar-refractivity contribution in [1.82, 2.24) is 4.57 Å². The molecule has 120 valence electrons. The van der Waals surface area contributed by atoms with Crippen molar-refractivity contribution in [3.63, 3.8) is 0 Å². The van der Waals surface area contributed by atoms with Crippen LogP contribution in [0.2, 0.25) is 0 Å². The van der Waals surface area contributed by atoms with Crippen molar-refractivity contribution in [3.8, 4) is 5.75 Å². The summed E-state index contributed by atoms with van der Waals surface area (Å²) in [5.74, 6) is 0.678. The number of carbonyl (C=O) groups excluding carboxylic acids is 2. The van der Waals surface area contributed by atoms with Crippen LogP contribution in [-0.2, 0) is 11.8 Å². The number of nitrogens with zero attached hydrogens (tertiary/aromatic N) is 1. The number of anilines is 1. The van der Waals surface area contributed by atoms with E-state index in [4.69, 9.17) is 4.74 Å². The second-order valence-corrected chi connectivity index (χ2v) is 5.81. The van der Waals surface area contributed by atoms with Gasteiger partial charge in [-0.1, -0.05) is 6.07 Å². The fourth-order valence-corrected chi connectivity index (χ4v) is 3.08. The second-order valence-electron chi connectivity index (χ2n) is 5.81. The molecule has 0 fully saturated rings. The number of amides is 1. The average Bonchev–Trinajstić information content (AvgIpc) is 2.88. The first-order valence-corrected chi connectivity index (χ1v) is 7.73.